The quantitative estimate of drug-likeness (QED) is 0.611. The van der Waals surface area contributed by atoms with Gasteiger partial charge in [0.15, 0.2) is 0 Å². The van der Waals surface area contributed by atoms with E-state index < -0.39 is 28.7 Å². The first-order valence-corrected chi connectivity index (χ1v) is 8.09. The van der Waals surface area contributed by atoms with Crippen LogP contribution in [0.5, 0.6) is 5.75 Å². The van der Waals surface area contributed by atoms with E-state index in [0.717, 1.165) is 12.1 Å². The van der Waals surface area contributed by atoms with Gasteiger partial charge in [-0.15, -0.1) is 11.3 Å². The number of nitrogens with one attached hydrogen (secondary N) is 2. The molecule has 0 spiro atoms. The predicted octanol–water partition coefficient (Wildman–Crippen LogP) is 2.97. The molecule has 0 fully saturated rings. The molecule has 26 heavy (non-hydrogen) atoms. The molecule has 10 heteroatoms. The van der Waals surface area contributed by atoms with Crippen molar-refractivity contribution in [2.24, 2.45) is 0 Å². The number of carbonyl (C=O) groups excluding carboxylic acids is 3. The summed E-state index contributed by atoms with van der Waals surface area (Å²) in [7, 11) is 0. The predicted molar refractivity (Wildman–Crippen MR) is 87.2 cm³/mol. The highest BCUT2D eigenvalue weighted by molar-refractivity contribution is 7.16. The van der Waals surface area contributed by atoms with Gasteiger partial charge in [0.05, 0.1) is 21.9 Å². The summed E-state index contributed by atoms with van der Waals surface area (Å²) < 4.78 is 42.4. The van der Waals surface area contributed by atoms with Gasteiger partial charge in [0, 0.05) is 0 Å². The lowest BCUT2D eigenvalue weighted by molar-refractivity contribution is -0.0882. The van der Waals surface area contributed by atoms with Crippen molar-refractivity contribution < 1.29 is 32.3 Å². The summed E-state index contributed by atoms with van der Waals surface area (Å²) in [5.41, 5.74) is 4.40. The second kappa shape index (κ2) is 8.00. The Morgan fingerprint density at radius 3 is 2.27 bits per heavy atom. The Balaban J connectivity index is 2.02. The van der Waals surface area contributed by atoms with Gasteiger partial charge in [-0.2, -0.15) is 13.2 Å². The van der Waals surface area contributed by atoms with E-state index in [1.54, 1.807) is 25.1 Å². The summed E-state index contributed by atoms with van der Waals surface area (Å²) in [6.07, 6.45) is -5.02. The van der Waals surface area contributed by atoms with E-state index in [4.69, 9.17) is 4.74 Å². The van der Waals surface area contributed by atoms with E-state index in [1.165, 1.54) is 6.07 Å². The molecule has 1 heterocycles. The molecule has 2 N–H and O–H groups in total. The first-order chi connectivity index (χ1) is 12.2. The molecule has 0 atom stereocenters. The van der Waals surface area contributed by atoms with Gasteiger partial charge in [0.2, 0.25) is 0 Å². The van der Waals surface area contributed by atoms with Crippen molar-refractivity contribution in [3.8, 4) is 5.75 Å². The smallest absolute Gasteiger partial charge is 0.455 e. The van der Waals surface area contributed by atoms with Crippen molar-refractivity contribution in [3.63, 3.8) is 0 Å². The number of thiophene rings is 1. The van der Waals surface area contributed by atoms with Crippen molar-refractivity contribution in [1.82, 2.24) is 10.9 Å². The molecular weight excluding hydrogens is 373 g/mol. The Labute approximate surface area is 149 Å². The monoisotopic (exact) mass is 386 g/mol. The van der Waals surface area contributed by atoms with E-state index in [9.17, 15) is 27.6 Å². The Hall–Kier alpha value is -2.88. The van der Waals surface area contributed by atoms with Gasteiger partial charge in [0.25, 0.3) is 17.6 Å². The molecule has 1 aromatic heterocycles. The van der Waals surface area contributed by atoms with Crippen molar-refractivity contribution in [3.05, 3.63) is 51.7 Å². The fraction of sp³-hybridized carbons (Fsp3) is 0.188. The van der Waals surface area contributed by atoms with E-state index in [1.807, 2.05) is 0 Å². The average molecular weight is 386 g/mol. The van der Waals surface area contributed by atoms with Crippen molar-refractivity contribution in [2.45, 2.75) is 13.1 Å². The van der Waals surface area contributed by atoms with Crippen molar-refractivity contribution in [1.29, 1.82) is 0 Å². The van der Waals surface area contributed by atoms with Gasteiger partial charge in [-0.25, -0.2) is 0 Å². The third-order valence-corrected chi connectivity index (χ3v) is 4.11. The molecule has 0 bridgehead atoms. The molecule has 138 valence electrons. The third kappa shape index (κ3) is 4.60. The SMILES string of the molecule is CCOc1ccccc1C(=O)NNC(=O)c1ccc(C(=O)C(F)(F)F)s1. The topological polar surface area (TPSA) is 84.5 Å². The number of amides is 2. The Bertz CT molecular complexity index is 833. The first kappa shape index (κ1) is 19.4. The molecular formula is C16H13F3N2O4S. The highest BCUT2D eigenvalue weighted by atomic mass is 32.1. The van der Waals surface area contributed by atoms with Crippen LogP contribution in [-0.2, 0) is 0 Å². The van der Waals surface area contributed by atoms with Crippen LogP contribution in [0, 0.1) is 0 Å². The van der Waals surface area contributed by atoms with Gasteiger partial charge in [-0.05, 0) is 31.2 Å². The van der Waals surface area contributed by atoms with Crippen molar-refractivity contribution >= 4 is 28.9 Å². The number of Topliss-reactive ketones (excluding diaryl/α,β-unsaturated/α-hetero) is 1. The standard InChI is InChI=1S/C16H13F3N2O4S/c1-2-25-10-6-4-3-5-9(10)14(23)20-21-15(24)12-8-7-11(26-12)13(22)16(17,18)19/h3-8H,2H2,1H3,(H,20,23)(H,21,24). The number of ketones is 1. The third-order valence-electron chi connectivity index (χ3n) is 3.03. The molecule has 2 rings (SSSR count). The van der Waals surface area contributed by atoms with Crippen LogP contribution in [0.15, 0.2) is 36.4 Å². The van der Waals surface area contributed by atoms with Gasteiger partial charge in [0.1, 0.15) is 5.75 Å². The normalized spacial score (nSPS) is 10.9. The maximum absolute atomic E-state index is 12.4. The maximum Gasteiger partial charge on any atom is 0.455 e. The average Bonchev–Trinajstić information content (AvgIpc) is 3.08. The zero-order chi connectivity index (χ0) is 19.3. The van der Waals surface area contributed by atoms with Crippen LogP contribution in [-0.4, -0.2) is 30.4 Å². The summed E-state index contributed by atoms with van der Waals surface area (Å²) in [5, 5.41) is 0. The summed E-state index contributed by atoms with van der Waals surface area (Å²) in [5.74, 6) is -3.23. The van der Waals surface area contributed by atoms with E-state index in [2.05, 4.69) is 10.9 Å². The number of hydrazine groups is 1. The number of hydrogen-bond acceptors (Lipinski definition) is 5. The Morgan fingerprint density at radius 2 is 1.62 bits per heavy atom. The minimum atomic E-state index is -5.02. The largest absolute Gasteiger partial charge is 0.493 e. The zero-order valence-electron chi connectivity index (χ0n) is 13.3. The molecule has 0 aliphatic heterocycles. The van der Waals surface area contributed by atoms with E-state index in [-0.39, 0.29) is 10.4 Å². The Morgan fingerprint density at radius 1 is 1.00 bits per heavy atom. The Kier molecular flexibility index (Phi) is 5.98. The highest BCUT2D eigenvalue weighted by Crippen LogP contribution is 2.26. The van der Waals surface area contributed by atoms with Gasteiger partial charge >= 0.3 is 6.18 Å². The number of ether oxygens (including phenoxy) is 1. The van der Waals surface area contributed by atoms with Crippen LogP contribution in [0.25, 0.3) is 0 Å². The van der Waals surface area contributed by atoms with Crippen LogP contribution < -0.4 is 15.6 Å². The fourth-order valence-electron chi connectivity index (χ4n) is 1.90. The molecule has 0 saturated carbocycles. The van der Waals surface area contributed by atoms with Crippen LogP contribution >= 0.6 is 11.3 Å². The minimum absolute atomic E-state index is 0.156. The summed E-state index contributed by atoms with van der Waals surface area (Å²) in [6.45, 7) is 2.08. The molecule has 0 radical (unpaired) electrons. The second-order valence-electron chi connectivity index (χ2n) is 4.83. The lowest BCUT2D eigenvalue weighted by Gasteiger charge is -2.10. The zero-order valence-corrected chi connectivity index (χ0v) is 14.2. The summed E-state index contributed by atoms with van der Waals surface area (Å²) in [6, 6.07) is 8.31. The summed E-state index contributed by atoms with van der Waals surface area (Å²) in [4.78, 5) is 34.4. The summed E-state index contributed by atoms with van der Waals surface area (Å²) >= 11 is 0.377. The highest BCUT2D eigenvalue weighted by Gasteiger charge is 2.40. The van der Waals surface area contributed by atoms with Crippen LogP contribution in [0.4, 0.5) is 13.2 Å². The maximum atomic E-state index is 12.4. The molecule has 6 nitrogen and oxygen atoms in total. The molecule has 0 aliphatic rings. The van der Waals surface area contributed by atoms with E-state index in [0.29, 0.717) is 23.7 Å². The van der Waals surface area contributed by atoms with E-state index >= 15 is 0 Å². The molecule has 2 aromatic rings. The number of halogens is 3. The lowest BCUT2D eigenvalue weighted by Crippen LogP contribution is -2.41. The van der Waals surface area contributed by atoms with Crippen LogP contribution in [0.1, 0.15) is 36.6 Å². The number of benzene rings is 1. The second-order valence-corrected chi connectivity index (χ2v) is 5.91. The van der Waals surface area contributed by atoms with Crippen LogP contribution in [0.2, 0.25) is 0 Å². The number of carbonyl (C=O) groups is 3. The molecule has 2 amide bonds. The minimum Gasteiger partial charge on any atom is -0.493 e. The van der Waals surface area contributed by atoms with Crippen molar-refractivity contribution in [2.75, 3.05) is 6.61 Å². The molecule has 0 aliphatic carbocycles. The van der Waals surface area contributed by atoms with Gasteiger partial charge in [-0.3, -0.25) is 25.2 Å². The number of rotatable bonds is 5. The number of alkyl halides is 3. The molecule has 1 aromatic carbocycles. The van der Waals surface area contributed by atoms with Crippen LogP contribution in [0.3, 0.4) is 0 Å². The van der Waals surface area contributed by atoms with Gasteiger partial charge in [-0.1, -0.05) is 12.1 Å². The fourth-order valence-corrected chi connectivity index (χ4v) is 2.76. The lowest BCUT2D eigenvalue weighted by atomic mass is 10.2. The first-order valence-electron chi connectivity index (χ1n) is 7.28. The molecule has 0 saturated heterocycles. The van der Waals surface area contributed by atoms with Gasteiger partial charge < -0.3 is 4.74 Å². The number of hydrogen-bond donors (Lipinski definition) is 2. The molecule has 0 unspecified atom stereocenters. The number of para-hydroxylation sites is 1.